The molecule has 0 aromatic heterocycles. The van der Waals surface area contributed by atoms with Gasteiger partial charge in [0.2, 0.25) is 0 Å². The Morgan fingerprint density at radius 1 is 1.30 bits per heavy atom. The number of halogens is 2. The molecule has 0 unspecified atom stereocenters. The normalized spacial score (nSPS) is 17.1. The van der Waals surface area contributed by atoms with E-state index in [4.69, 9.17) is 11.6 Å². The van der Waals surface area contributed by atoms with Crippen molar-refractivity contribution in [1.82, 2.24) is 9.80 Å². The number of nitrogens with zero attached hydrogens (tertiary/aromatic N) is 2. The summed E-state index contributed by atoms with van der Waals surface area (Å²) in [6.45, 7) is 6.42. The monoisotopic (exact) mass is 358 g/mol. The number of carbonyl (C=O) groups is 1. The number of benzene rings is 1. The summed E-state index contributed by atoms with van der Waals surface area (Å²) < 4.78 is 0.909. The first-order valence-electron chi connectivity index (χ1n) is 6.96. The molecule has 0 spiro atoms. The van der Waals surface area contributed by atoms with Crippen LogP contribution in [0.25, 0.3) is 0 Å². The van der Waals surface area contributed by atoms with Gasteiger partial charge < -0.3 is 9.80 Å². The van der Waals surface area contributed by atoms with Crippen LogP contribution in [0.2, 0.25) is 0 Å². The highest BCUT2D eigenvalue weighted by Gasteiger charge is 2.21. The highest BCUT2D eigenvalue weighted by atomic mass is 79.9. The first-order chi connectivity index (χ1) is 9.63. The van der Waals surface area contributed by atoms with Crippen LogP contribution in [0, 0.1) is 6.92 Å². The minimum Gasteiger partial charge on any atom is -0.337 e. The van der Waals surface area contributed by atoms with Gasteiger partial charge in [0.1, 0.15) is 0 Å². The largest absolute Gasteiger partial charge is 0.337 e. The van der Waals surface area contributed by atoms with E-state index in [9.17, 15) is 4.79 Å². The molecule has 1 amide bonds. The molecule has 0 radical (unpaired) electrons. The number of carbonyl (C=O) groups excluding carboxylic acids is 1. The summed E-state index contributed by atoms with van der Waals surface area (Å²) in [6, 6.07) is 5.83. The molecular weight excluding hydrogens is 340 g/mol. The molecule has 1 aromatic carbocycles. The zero-order valence-corrected chi connectivity index (χ0v) is 14.1. The molecule has 5 heteroatoms. The predicted octanol–water partition coefficient (Wildman–Crippen LogP) is 3.14. The fourth-order valence-electron chi connectivity index (χ4n) is 2.50. The van der Waals surface area contributed by atoms with E-state index in [2.05, 4.69) is 20.8 Å². The lowest BCUT2D eigenvalue weighted by atomic mass is 10.1. The van der Waals surface area contributed by atoms with Crippen molar-refractivity contribution in [3.63, 3.8) is 0 Å². The Kier molecular flexibility index (Phi) is 5.87. The lowest BCUT2D eigenvalue weighted by Gasteiger charge is -2.22. The van der Waals surface area contributed by atoms with Crippen LogP contribution in [-0.4, -0.2) is 54.3 Å². The quantitative estimate of drug-likeness (QED) is 0.774. The van der Waals surface area contributed by atoms with Gasteiger partial charge in [-0.05, 0) is 47.4 Å². The lowest BCUT2D eigenvalue weighted by molar-refractivity contribution is 0.0761. The molecule has 1 fully saturated rings. The molecule has 3 nitrogen and oxygen atoms in total. The molecule has 0 aliphatic carbocycles. The SMILES string of the molecule is Cc1cccc(C(=O)N2CCCN(CCCl)CC2)c1Br. The fraction of sp³-hybridized carbons (Fsp3) is 0.533. The van der Waals surface area contributed by atoms with Crippen LogP contribution in [0.5, 0.6) is 0 Å². The smallest absolute Gasteiger partial charge is 0.255 e. The minimum absolute atomic E-state index is 0.119. The highest BCUT2D eigenvalue weighted by Crippen LogP contribution is 2.23. The van der Waals surface area contributed by atoms with Crippen LogP contribution >= 0.6 is 27.5 Å². The van der Waals surface area contributed by atoms with Gasteiger partial charge >= 0.3 is 0 Å². The summed E-state index contributed by atoms with van der Waals surface area (Å²) in [5.41, 5.74) is 1.85. The van der Waals surface area contributed by atoms with Crippen LogP contribution in [0.1, 0.15) is 22.3 Å². The molecule has 2 rings (SSSR count). The Morgan fingerprint density at radius 3 is 2.85 bits per heavy atom. The molecule has 0 atom stereocenters. The first-order valence-corrected chi connectivity index (χ1v) is 8.29. The van der Waals surface area contributed by atoms with Crippen molar-refractivity contribution in [2.45, 2.75) is 13.3 Å². The summed E-state index contributed by atoms with van der Waals surface area (Å²) in [4.78, 5) is 16.9. The van der Waals surface area contributed by atoms with Gasteiger partial charge in [0, 0.05) is 36.5 Å². The van der Waals surface area contributed by atoms with Crippen molar-refractivity contribution in [2.24, 2.45) is 0 Å². The zero-order valence-electron chi connectivity index (χ0n) is 11.7. The van der Waals surface area contributed by atoms with E-state index in [1.54, 1.807) is 0 Å². The summed E-state index contributed by atoms with van der Waals surface area (Å²) in [7, 11) is 0. The molecule has 1 saturated heterocycles. The standard InChI is InChI=1S/C15H20BrClN2O/c1-12-4-2-5-13(14(12)16)15(20)19-8-3-7-18(9-6-17)10-11-19/h2,4-5H,3,6-11H2,1H3. The second kappa shape index (κ2) is 7.43. The van der Waals surface area contributed by atoms with Gasteiger partial charge in [-0.1, -0.05) is 12.1 Å². The molecule has 1 aliphatic rings. The number of aryl methyl sites for hydroxylation is 1. The number of hydrogen-bond donors (Lipinski definition) is 0. The van der Waals surface area contributed by atoms with Crippen molar-refractivity contribution in [1.29, 1.82) is 0 Å². The van der Waals surface area contributed by atoms with E-state index in [-0.39, 0.29) is 5.91 Å². The van der Waals surface area contributed by atoms with E-state index in [1.165, 1.54) is 0 Å². The van der Waals surface area contributed by atoms with Gasteiger partial charge in [-0.2, -0.15) is 0 Å². The molecular formula is C15H20BrClN2O. The Hall–Kier alpha value is -0.580. The Labute approximate surface area is 134 Å². The van der Waals surface area contributed by atoms with Gasteiger partial charge in [-0.15, -0.1) is 11.6 Å². The second-order valence-corrected chi connectivity index (χ2v) is 6.28. The maximum atomic E-state index is 12.6. The second-order valence-electron chi connectivity index (χ2n) is 5.11. The molecule has 1 aliphatic heterocycles. The van der Waals surface area contributed by atoms with Gasteiger partial charge in [-0.3, -0.25) is 4.79 Å². The van der Waals surface area contributed by atoms with Gasteiger partial charge in [0.05, 0.1) is 5.56 Å². The van der Waals surface area contributed by atoms with E-state index < -0.39 is 0 Å². The minimum atomic E-state index is 0.119. The fourth-order valence-corrected chi connectivity index (χ4v) is 3.17. The molecule has 0 saturated carbocycles. The van der Waals surface area contributed by atoms with Crippen molar-refractivity contribution in [2.75, 3.05) is 38.6 Å². The Bertz CT molecular complexity index is 481. The third-order valence-electron chi connectivity index (χ3n) is 3.70. The van der Waals surface area contributed by atoms with Crippen LogP contribution in [0.15, 0.2) is 22.7 Å². The summed E-state index contributed by atoms with van der Waals surface area (Å²) in [5, 5.41) is 0. The van der Waals surface area contributed by atoms with Crippen LogP contribution in [0.3, 0.4) is 0 Å². The average Bonchev–Trinajstić information content (AvgIpc) is 2.67. The summed E-state index contributed by atoms with van der Waals surface area (Å²) >= 11 is 9.32. The highest BCUT2D eigenvalue weighted by molar-refractivity contribution is 9.10. The van der Waals surface area contributed by atoms with E-state index >= 15 is 0 Å². The van der Waals surface area contributed by atoms with Gasteiger partial charge in [-0.25, -0.2) is 0 Å². The van der Waals surface area contributed by atoms with Crippen molar-refractivity contribution < 1.29 is 4.79 Å². The Morgan fingerprint density at radius 2 is 2.10 bits per heavy atom. The first kappa shape index (κ1) is 15.8. The topological polar surface area (TPSA) is 23.6 Å². The van der Waals surface area contributed by atoms with Crippen molar-refractivity contribution in [3.05, 3.63) is 33.8 Å². The molecule has 110 valence electrons. The van der Waals surface area contributed by atoms with Crippen molar-refractivity contribution >= 4 is 33.4 Å². The van der Waals surface area contributed by atoms with Gasteiger partial charge in [0.25, 0.3) is 5.91 Å². The predicted molar refractivity (Wildman–Crippen MR) is 86.6 cm³/mol. The van der Waals surface area contributed by atoms with Crippen LogP contribution in [-0.2, 0) is 0 Å². The van der Waals surface area contributed by atoms with Gasteiger partial charge in [0.15, 0.2) is 0 Å². The third-order valence-corrected chi connectivity index (χ3v) is 4.92. The molecule has 0 bridgehead atoms. The number of hydrogen-bond acceptors (Lipinski definition) is 2. The molecule has 20 heavy (non-hydrogen) atoms. The van der Waals surface area contributed by atoms with Crippen LogP contribution in [0.4, 0.5) is 0 Å². The number of rotatable bonds is 3. The van der Waals surface area contributed by atoms with E-state index in [0.717, 1.165) is 54.7 Å². The Balaban J connectivity index is 2.07. The van der Waals surface area contributed by atoms with E-state index in [1.807, 2.05) is 30.0 Å². The molecule has 1 heterocycles. The third kappa shape index (κ3) is 3.74. The zero-order chi connectivity index (χ0) is 14.5. The maximum Gasteiger partial charge on any atom is 0.255 e. The molecule has 1 aromatic rings. The average molecular weight is 360 g/mol. The lowest BCUT2D eigenvalue weighted by Crippen LogP contribution is -2.35. The maximum absolute atomic E-state index is 12.6. The summed E-state index contributed by atoms with van der Waals surface area (Å²) in [6.07, 6.45) is 1.01. The summed E-state index contributed by atoms with van der Waals surface area (Å²) in [5.74, 6) is 0.769. The van der Waals surface area contributed by atoms with Crippen LogP contribution < -0.4 is 0 Å². The van der Waals surface area contributed by atoms with E-state index in [0.29, 0.717) is 5.88 Å². The number of alkyl halides is 1. The number of amides is 1. The van der Waals surface area contributed by atoms with Crippen molar-refractivity contribution in [3.8, 4) is 0 Å². The molecule has 0 N–H and O–H groups in total.